The molecular formula is C23H17N3O5. The summed E-state index contributed by atoms with van der Waals surface area (Å²) in [5.74, 6) is -1.24. The Balaban J connectivity index is 1.46. The molecule has 0 aromatic heterocycles. The predicted octanol–water partition coefficient (Wildman–Crippen LogP) is 3.32. The van der Waals surface area contributed by atoms with Gasteiger partial charge >= 0.3 is 0 Å². The van der Waals surface area contributed by atoms with Crippen molar-refractivity contribution in [1.29, 1.82) is 0 Å². The van der Waals surface area contributed by atoms with E-state index in [1.54, 1.807) is 12.1 Å². The second-order valence-corrected chi connectivity index (χ2v) is 7.05. The van der Waals surface area contributed by atoms with Gasteiger partial charge in [0, 0.05) is 24.2 Å². The van der Waals surface area contributed by atoms with Crippen molar-refractivity contribution >= 4 is 23.4 Å². The Hall–Kier alpha value is -4.33. The molecule has 3 amide bonds. The Morgan fingerprint density at radius 2 is 1.55 bits per heavy atom. The zero-order valence-electron chi connectivity index (χ0n) is 16.3. The second-order valence-electron chi connectivity index (χ2n) is 7.05. The van der Waals surface area contributed by atoms with Crippen LogP contribution in [0, 0.1) is 10.1 Å². The molecule has 3 aromatic carbocycles. The van der Waals surface area contributed by atoms with Crippen LogP contribution in [0.15, 0.2) is 72.8 Å². The van der Waals surface area contributed by atoms with Gasteiger partial charge in [-0.15, -0.1) is 0 Å². The van der Waals surface area contributed by atoms with Crippen molar-refractivity contribution in [3.63, 3.8) is 0 Å². The number of nitrogens with zero attached hydrogens (tertiary/aromatic N) is 2. The number of nitrogens with one attached hydrogen (secondary N) is 1. The number of non-ortho nitro benzene ring substituents is 1. The van der Waals surface area contributed by atoms with Crippen molar-refractivity contribution < 1.29 is 19.3 Å². The van der Waals surface area contributed by atoms with Gasteiger partial charge in [-0.25, -0.2) is 0 Å². The summed E-state index contributed by atoms with van der Waals surface area (Å²) in [7, 11) is 0. The molecule has 1 N–H and O–H groups in total. The van der Waals surface area contributed by atoms with Gasteiger partial charge in [-0.05, 0) is 29.3 Å². The molecule has 31 heavy (non-hydrogen) atoms. The van der Waals surface area contributed by atoms with Crippen molar-refractivity contribution in [2.75, 3.05) is 0 Å². The number of benzene rings is 3. The van der Waals surface area contributed by atoms with E-state index in [0.29, 0.717) is 5.56 Å². The van der Waals surface area contributed by atoms with Crippen LogP contribution in [0.5, 0.6) is 0 Å². The van der Waals surface area contributed by atoms with E-state index in [9.17, 15) is 24.5 Å². The highest BCUT2D eigenvalue weighted by Crippen LogP contribution is 2.25. The highest BCUT2D eigenvalue weighted by molar-refractivity contribution is 6.22. The molecule has 4 rings (SSSR count). The lowest BCUT2D eigenvalue weighted by atomic mass is 10.1. The standard InChI is InChI=1S/C23H17N3O5/c27-21(24-13-15-6-9-18(10-7-15)26(30)31)17-8-11-19-20(12-17)23(29)25(22(19)28)14-16-4-2-1-3-5-16/h1-12H,13-14H2,(H,24,27). The predicted molar refractivity (Wildman–Crippen MR) is 111 cm³/mol. The number of fused-ring (bicyclic) bond motifs is 1. The van der Waals surface area contributed by atoms with E-state index in [0.717, 1.165) is 5.56 Å². The molecule has 1 aliphatic rings. The van der Waals surface area contributed by atoms with E-state index in [4.69, 9.17) is 0 Å². The number of carbonyl (C=O) groups is 3. The third-order valence-corrected chi connectivity index (χ3v) is 5.02. The Bertz CT molecular complexity index is 1190. The van der Waals surface area contributed by atoms with E-state index < -0.39 is 16.7 Å². The first-order valence-electron chi connectivity index (χ1n) is 9.50. The summed E-state index contributed by atoms with van der Waals surface area (Å²) in [4.78, 5) is 49.3. The minimum Gasteiger partial charge on any atom is -0.348 e. The first-order chi connectivity index (χ1) is 14.9. The first kappa shape index (κ1) is 20.0. The fourth-order valence-electron chi connectivity index (χ4n) is 3.36. The Morgan fingerprint density at radius 3 is 2.23 bits per heavy atom. The van der Waals surface area contributed by atoms with Gasteiger partial charge in [0.2, 0.25) is 0 Å². The Morgan fingerprint density at radius 1 is 0.871 bits per heavy atom. The lowest BCUT2D eigenvalue weighted by molar-refractivity contribution is -0.384. The summed E-state index contributed by atoms with van der Waals surface area (Å²) in [6.07, 6.45) is 0. The molecule has 0 saturated carbocycles. The number of amides is 3. The van der Waals surface area contributed by atoms with Crippen molar-refractivity contribution in [2.45, 2.75) is 13.1 Å². The summed E-state index contributed by atoms with van der Waals surface area (Å²) in [5.41, 5.74) is 2.22. The van der Waals surface area contributed by atoms with Gasteiger partial charge in [0.1, 0.15) is 0 Å². The number of nitro benzene ring substituents is 1. The van der Waals surface area contributed by atoms with Crippen LogP contribution in [0.1, 0.15) is 42.2 Å². The van der Waals surface area contributed by atoms with Crippen molar-refractivity contribution in [2.24, 2.45) is 0 Å². The molecule has 0 unspecified atom stereocenters. The second kappa shape index (κ2) is 8.19. The van der Waals surface area contributed by atoms with Crippen LogP contribution in [0.25, 0.3) is 0 Å². The summed E-state index contributed by atoms with van der Waals surface area (Å²) < 4.78 is 0. The molecule has 0 fully saturated rings. The van der Waals surface area contributed by atoms with E-state index in [2.05, 4.69) is 5.32 Å². The maximum atomic E-state index is 12.8. The highest BCUT2D eigenvalue weighted by atomic mass is 16.6. The molecule has 0 saturated heterocycles. The number of nitro groups is 1. The smallest absolute Gasteiger partial charge is 0.269 e. The van der Waals surface area contributed by atoms with Crippen LogP contribution >= 0.6 is 0 Å². The lowest BCUT2D eigenvalue weighted by Crippen LogP contribution is -2.29. The van der Waals surface area contributed by atoms with Crippen LogP contribution in [0.4, 0.5) is 5.69 Å². The van der Waals surface area contributed by atoms with Gasteiger partial charge in [-0.2, -0.15) is 0 Å². The third-order valence-electron chi connectivity index (χ3n) is 5.02. The number of imide groups is 1. The van der Waals surface area contributed by atoms with Crippen LogP contribution in [0.3, 0.4) is 0 Å². The van der Waals surface area contributed by atoms with E-state index >= 15 is 0 Å². The average molecular weight is 415 g/mol. The molecule has 0 aliphatic carbocycles. The van der Waals surface area contributed by atoms with E-state index in [-0.39, 0.29) is 41.4 Å². The zero-order valence-corrected chi connectivity index (χ0v) is 16.3. The van der Waals surface area contributed by atoms with E-state index in [1.165, 1.54) is 35.2 Å². The summed E-state index contributed by atoms with van der Waals surface area (Å²) >= 11 is 0. The summed E-state index contributed by atoms with van der Waals surface area (Å²) in [5, 5.41) is 13.4. The minimum atomic E-state index is -0.494. The zero-order chi connectivity index (χ0) is 22.0. The highest BCUT2D eigenvalue weighted by Gasteiger charge is 2.35. The molecule has 0 spiro atoms. The average Bonchev–Trinajstić information content (AvgIpc) is 3.02. The molecule has 154 valence electrons. The molecule has 0 bridgehead atoms. The number of carbonyl (C=O) groups excluding carboxylic acids is 3. The minimum absolute atomic E-state index is 0.0306. The molecule has 8 nitrogen and oxygen atoms in total. The molecular weight excluding hydrogens is 398 g/mol. The number of rotatable bonds is 6. The van der Waals surface area contributed by atoms with Crippen LogP contribution in [0.2, 0.25) is 0 Å². The van der Waals surface area contributed by atoms with Crippen LogP contribution in [-0.4, -0.2) is 27.5 Å². The Labute approximate surface area is 177 Å². The molecule has 1 heterocycles. The largest absolute Gasteiger partial charge is 0.348 e. The van der Waals surface area contributed by atoms with Gasteiger partial charge in [0.05, 0.1) is 22.6 Å². The molecule has 0 radical (unpaired) electrons. The van der Waals surface area contributed by atoms with Crippen molar-refractivity contribution in [3.05, 3.63) is 111 Å². The fraction of sp³-hybridized carbons (Fsp3) is 0.0870. The van der Waals surface area contributed by atoms with Gasteiger partial charge in [0.25, 0.3) is 23.4 Å². The van der Waals surface area contributed by atoms with Crippen molar-refractivity contribution in [1.82, 2.24) is 10.2 Å². The molecule has 8 heteroatoms. The lowest BCUT2D eigenvalue weighted by Gasteiger charge is -2.13. The summed E-state index contributed by atoms with van der Waals surface area (Å²) in [6.45, 7) is 0.329. The van der Waals surface area contributed by atoms with Crippen LogP contribution < -0.4 is 5.32 Å². The fourth-order valence-corrected chi connectivity index (χ4v) is 3.36. The van der Waals surface area contributed by atoms with Gasteiger partial charge < -0.3 is 5.32 Å². The maximum absolute atomic E-state index is 12.8. The van der Waals surface area contributed by atoms with Gasteiger partial charge in [-0.1, -0.05) is 42.5 Å². The third kappa shape index (κ3) is 4.04. The SMILES string of the molecule is O=C(NCc1ccc([N+](=O)[O-])cc1)c1ccc2c(c1)C(=O)N(Cc1ccccc1)C2=O. The normalized spacial score (nSPS) is 12.6. The maximum Gasteiger partial charge on any atom is 0.269 e. The number of hydrogen-bond acceptors (Lipinski definition) is 5. The van der Waals surface area contributed by atoms with Crippen molar-refractivity contribution in [3.8, 4) is 0 Å². The van der Waals surface area contributed by atoms with Crippen LogP contribution in [-0.2, 0) is 13.1 Å². The monoisotopic (exact) mass is 415 g/mol. The molecule has 3 aromatic rings. The van der Waals surface area contributed by atoms with E-state index in [1.807, 2.05) is 30.3 Å². The Kier molecular flexibility index (Phi) is 5.28. The summed E-state index contributed by atoms with van der Waals surface area (Å²) in [6, 6.07) is 19.4. The van der Waals surface area contributed by atoms with Gasteiger partial charge in [0.15, 0.2) is 0 Å². The van der Waals surface area contributed by atoms with Gasteiger partial charge in [-0.3, -0.25) is 29.4 Å². The molecule has 1 aliphatic heterocycles. The quantitative estimate of drug-likeness (QED) is 0.377. The molecule has 0 atom stereocenters. The topological polar surface area (TPSA) is 110 Å². The first-order valence-corrected chi connectivity index (χ1v) is 9.50. The number of hydrogen-bond donors (Lipinski definition) is 1.